The Labute approximate surface area is 161 Å². The van der Waals surface area contributed by atoms with Crippen molar-refractivity contribution < 1.29 is 9.53 Å². The van der Waals surface area contributed by atoms with Gasteiger partial charge in [0.05, 0.1) is 0 Å². The Morgan fingerprint density at radius 3 is 2.56 bits per heavy atom. The Kier molecular flexibility index (Phi) is 4.81. The number of nitrogens with zero attached hydrogens (tertiary/aromatic N) is 2. The highest BCUT2D eigenvalue weighted by Crippen LogP contribution is 2.38. The van der Waals surface area contributed by atoms with E-state index in [4.69, 9.17) is 16.3 Å². The van der Waals surface area contributed by atoms with E-state index in [1.165, 1.54) is 12.8 Å². The number of carbonyl (C=O) groups excluding carboxylic acids is 1. The fraction of sp³-hybridized carbons (Fsp3) is 0.250. The van der Waals surface area contributed by atoms with E-state index in [2.05, 4.69) is 20.5 Å². The highest BCUT2D eigenvalue weighted by atomic mass is 35.5. The van der Waals surface area contributed by atoms with Crippen molar-refractivity contribution in [2.24, 2.45) is 0 Å². The predicted molar refractivity (Wildman–Crippen MR) is 104 cm³/mol. The lowest BCUT2D eigenvalue weighted by Crippen LogP contribution is -2.30. The third kappa shape index (κ3) is 4.28. The molecule has 2 N–H and O–H groups in total. The summed E-state index contributed by atoms with van der Waals surface area (Å²) in [5.74, 6) is 2.52. The third-order valence-electron chi connectivity index (χ3n) is 4.37. The molecule has 1 aromatic heterocycles. The number of aromatic amines is 1. The van der Waals surface area contributed by atoms with Crippen LogP contribution in [0.5, 0.6) is 5.75 Å². The van der Waals surface area contributed by atoms with Gasteiger partial charge in [-0.2, -0.15) is 5.10 Å². The van der Waals surface area contributed by atoms with Crippen molar-refractivity contribution in [3.05, 3.63) is 59.4 Å². The van der Waals surface area contributed by atoms with Gasteiger partial charge in [0.15, 0.2) is 11.9 Å². The van der Waals surface area contributed by atoms with E-state index in [1.807, 2.05) is 24.3 Å². The van der Waals surface area contributed by atoms with Crippen LogP contribution in [0.2, 0.25) is 5.02 Å². The average molecular weight is 383 g/mol. The zero-order valence-electron chi connectivity index (χ0n) is 14.8. The van der Waals surface area contributed by atoms with E-state index in [-0.39, 0.29) is 5.91 Å². The molecule has 0 saturated heterocycles. The van der Waals surface area contributed by atoms with Crippen molar-refractivity contribution in [3.63, 3.8) is 0 Å². The Morgan fingerprint density at radius 2 is 1.89 bits per heavy atom. The van der Waals surface area contributed by atoms with Gasteiger partial charge in [0.25, 0.3) is 5.91 Å². The number of nitrogens with one attached hydrogen (secondary N) is 2. The monoisotopic (exact) mass is 382 g/mol. The van der Waals surface area contributed by atoms with Crippen LogP contribution in [-0.4, -0.2) is 27.2 Å². The normalized spacial score (nSPS) is 14.6. The van der Waals surface area contributed by atoms with Crippen molar-refractivity contribution in [1.29, 1.82) is 0 Å². The number of ether oxygens (including phenoxy) is 1. The summed E-state index contributed by atoms with van der Waals surface area (Å²) < 4.78 is 5.63. The molecular formula is C20H19ClN4O2. The summed E-state index contributed by atoms with van der Waals surface area (Å²) in [5, 5.41) is 10.7. The number of rotatable bonds is 6. The molecule has 138 valence electrons. The van der Waals surface area contributed by atoms with Crippen molar-refractivity contribution in [3.8, 4) is 17.1 Å². The number of benzene rings is 2. The number of aromatic nitrogens is 3. The van der Waals surface area contributed by atoms with Crippen LogP contribution in [0.1, 0.15) is 31.5 Å². The standard InChI is InChI=1S/C20H19ClN4O2/c1-12(27-17-10-6-15(21)7-11-17)20(26)22-16-8-4-14(5-9-16)19-23-18(24-25-19)13-2-3-13/h4-13H,2-3H2,1H3,(H,22,26)(H,23,24,25). The number of hydrogen-bond acceptors (Lipinski definition) is 4. The van der Waals surface area contributed by atoms with Gasteiger partial charge in [-0.15, -0.1) is 0 Å². The Balaban J connectivity index is 1.36. The van der Waals surface area contributed by atoms with Crippen LogP contribution in [0.4, 0.5) is 5.69 Å². The fourth-order valence-corrected chi connectivity index (χ4v) is 2.79. The van der Waals surface area contributed by atoms with E-state index in [1.54, 1.807) is 31.2 Å². The van der Waals surface area contributed by atoms with Crippen molar-refractivity contribution in [2.45, 2.75) is 31.8 Å². The lowest BCUT2D eigenvalue weighted by atomic mass is 10.2. The molecule has 0 aliphatic heterocycles. The van der Waals surface area contributed by atoms with Crippen molar-refractivity contribution in [1.82, 2.24) is 15.2 Å². The molecule has 0 radical (unpaired) electrons. The van der Waals surface area contributed by atoms with Crippen LogP contribution < -0.4 is 10.1 Å². The molecule has 1 atom stereocenters. The van der Waals surface area contributed by atoms with Gasteiger partial charge < -0.3 is 10.1 Å². The summed E-state index contributed by atoms with van der Waals surface area (Å²) in [7, 11) is 0. The topological polar surface area (TPSA) is 79.9 Å². The highest BCUT2D eigenvalue weighted by molar-refractivity contribution is 6.30. The Bertz CT molecular complexity index is 933. The van der Waals surface area contributed by atoms with Crippen LogP contribution in [-0.2, 0) is 4.79 Å². The molecular weight excluding hydrogens is 364 g/mol. The molecule has 1 aliphatic carbocycles. The number of halogens is 1. The molecule has 1 heterocycles. The molecule has 1 fully saturated rings. The fourth-order valence-electron chi connectivity index (χ4n) is 2.66. The largest absolute Gasteiger partial charge is 0.481 e. The number of carbonyl (C=O) groups is 1. The first-order valence-electron chi connectivity index (χ1n) is 8.84. The second kappa shape index (κ2) is 7.40. The first-order chi connectivity index (χ1) is 13.1. The summed E-state index contributed by atoms with van der Waals surface area (Å²) in [6, 6.07) is 14.3. The summed E-state index contributed by atoms with van der Waals surface area (Å²) in [4.78, 5) is 16.9. The molecule has 1 amide bonds. The minimum Gasteiger partial charge on any atom is -0.481 e. The van der Waals surface area contributed by atoms with Gasteiger partial charge in [-0.3, -0.25) is 9.89 Å². The third-order valence-corrected chi connectivity index (χ3v) is 4.63. The first kappa shape index (κ1) is 17.5. The van der Waals surface area contributed by atoms with Crippen LogP contribution in [0.3, 0.4) is 0 Å². The SMILES string of the molecule is CC(Oc1ccc(Cl)cc1)C(=O)Nc1ccc(-c2n[nH]c(C3CC3)n2)cc1. The average Bonchev–Trinajstić information content (AvgIpc) is 3.41. The highest BCUT2D eigenvalue weighted by Gasteiger charge is 2.27. The zero-order valence-corrected chi connectivity index (χ0v) is 15.5. The number of amides is 1. The molecule has 1 unspecified atom stereocenters. The Morgan fingerprint density at radius 1 is 1.19 bits per heavy atom. The maximum Gasteiger partial charge on any atom is 0.265 e. The van der Waals surface area contributed by atoms with Crippen LogP contribution in [0.15, 0.2) is 48.5 Å². The summed E-state index contributed by atoms with van der Waals surface area (Å²) in [6.07, 6.45) is 1.71. The molecule has 0 bridgehead atoms. The summed E-state index contributed by atoms with van der Waals surface area (Å²) >= 11 is 5.85. The van der Waals surface area contributed by atoms with Crippen molar-refractivity contribution in [2.75, 3.05) is 5.32 Å². The second-order valence-electron chi connectivity index (χ2n) is 6.60. The van der Waals surface area contributed by atoms with E-state index in [9.17, 15) is 4.79 Å². The molecule has 1 aliphatic rings. The lowest BCUT2D eigenvalue weighted by molar-refractivity contribution is -0.122. The van der Waals surface area contributed by atoms with Gasteiger partial charge in [0.1, 0.15) is 11.6 Å². The number of H-pyrrole nitrogens is 1. The van der Waals surface area contributed by atoms with E-state index in [0.29, 0.717) is 28.2 Å². The second-order valence-corrected chi connectivity index (χ2v) is 7.04. The molecule has 2 aromatic carbocycles. The summed E-state index contributed by atoms with van der Waals surface area (Å²) in [6.45, 7) is 1.70. The summed E-state index contributed by atoms with van der Waals surface area (Å²) in [5.41, 5.74) is 1.59. The molecule has 27 heavy (non-hydrogen) atoms. The number of anilines is 1. The van der Waals surface area contributed by atoms with Crippen molar-refractivity contribution >= 4 is 23.2 Å². The molecule has 7 heteroatoms. The maximum absolute atomic E-state index is 12.3. The van der Waals surface area contributed by atoms with Gasteiger partial charge in [-0.1, -0.05) is 11.6 Å². The van der Waals surface area contributed by atoms with E-state index < -0.39 is 6.10 Å². The minimum atomic E-state index is -0.639. The predicted octanol–water partition coefficient (Wildman–Crippen LogP) is 4.41. The van der Waals surface area contributed by atoms with Gasteiger partial charge >= 0.3 is 0 Å². The van der Waals surface area contributed by atoms with Crippen LogP contribution >= 0.6 is 11.6 Å². The van der Waals surface area contributed by atoms with Gasteiger partial charge in [-0.25, -0.2) is 4.98 Å². The zero-order chi connectivity index (χ0) is 18.8. The Hall–Kier alpha value is -2.86. The number of hydrogen-bond donors (Lipinski definition) is 2. The van der Waals surface area contributed by atoms with Crippen LogP contribution in [0.25, 0.3) is 11.4 Å². The first-order valence-corrected chi connectivity index (χ1v) is 9.22. The van der Waals surface area contributed by atoms with Gasteiger partial charge in [0, 0.05) is 22.2 Å². The van der Waals surface area contributed by atoms with Gasteiger partial charge in [0.2, 0.25) is 0 Å². The van der Waals surface area contributed by atoms with Gasteiger partial charge in [-0.05, 0) is 68.3 Å². The quantitative estimate of drug-likeness (QED) is 0.661. The van der Waals surface area contributed by atoms with E-state index >= 15 is 0 Å². The smallest absolute Gasteiger partial charge is 0.265 e. The maximum atomic E-state index is 12.3. The molecule has 1 saturated carbocycles. The molecule has 4 rings (SSSR count). The van der Waals surface area contributed by atoms with Crippen LogP contribution in [0, 0.1) is 0 Å². The molecule has 3 aromatic rings. The lowest BCUT2D eigenvalue weighted by Gasteiger charge is -2.15. The molecule has 0 spiro atoms. The minimum absolute atomic E-state index is 0.230. The van der Waals surface area contributed by atoms with E-state index in [0.717, 1.165) is 11.4 Å². The molecule has 6 nitrogen and oxygen atoms in total.